The summed E-state index contributed by atoms with van der Waals surface area (Å²) in [5, 5.41) is -0.302. The monoisotopic (exact) mass is 327 g/mol. The maximum absolute atomic E-state index is 11.7. The van der Waals surface area contributed by atoms with Crippen molar-refractivity contribution >= 4 is 21.4 Å². The Bertz CT molecular complexity index is 648. The molecule has 1 aliphatic rings. The van der Waals surface area contributed by atoms with Gasteiger partial charge in [0.25, 0.3) is 0 Å². The first kappa shape index (κ1) is 16.1. The Labute approximate surface area is 130 Å². The number of halogens is 1. The van der Waals surface area contributed by atoms with E-state index in [2.05, 4.69) is 16.8 Å². The molecular formula is C15H18ClNO3S. The number of hydrogen-bond donors (Lipinski definition) is 0. The van der Waals surface area contributed by atoms with Gasteiger partial charge in [0.15, 0.2) is 0 Å². The van der Waals surface area contributed by atoms with E-state index in [4.69, 9.17) is 16.3 Å². The highest BCUT2D eigenvalue weighted by molar-refractivity contribution is 7.91. The normalized spacial score (nSPS) is 22.2. The number of nitrogens with zero attached hydrogens (tertiary/aromatic N) is 1. The molecule has 21 heavy (non-hydrogen) atoms. The maximum Gasteiger partial charge on any atom is 0.150 e. The molecule has 0 radical (unpaired) electrons. The number of ether oxygens (including phenoxy) is 1. The van der Waals surface area contributed by atoms with Gasteiger partial charge in [0, 0.05) is 24.4 Å². The van der Waals surface area contributed by atoms with Crippen molar-refractivity contribution in [2.75, 3.05) is 12.1 Å². The van der Waals surface area contributed by atoms with Crippen molar-refractivity contribution in [2.45, 2.75) is 37.0 Å². The fraction of sp³-hybridized carbons (Fsp3) is 0.533. The zero-order valence-electron chi connectivity index (χ0n) is 11.9. The van der Waals surface area contributed by atoms with Crippen LogP contribution in [-0.4, -0.2) is 36.9 Å². The fourth-order valence-corrected chi connectivity index (χ4v) is 3.70. The van der Waals surface area contributed by atoms with Crippen LogP contribution in [0.5, 0.6) is 5.75 Å². The number of aromatic nitrogens is 1. The molecule has 0 aliphatic heterocycles. The molecular weight excluding hydrogens is 310 g/mol. The second-order valence-corrected chi connectivity index (χ2v) is 7.80. The number of pyridine rings is 1. The first-order valence-corrected chi connectivity index (χ1v) is 9.33. The number of alkyl halides is 1. The fourth-order valence-electron chi connectivity index (χ4n) is 2.48. The van der Waals surface area contributed by atoms with Gasteiger partial charge in [-0.2, -0.15) is 0 Å². The maximum atomic E-state index is 11.7. The largest absolute Gasteiger partial charge is 0.489 e. The zero-order chi connectivity index (χ0) is 15.3. The molecule has 0 N–H and O–H groups in total. The van der Waals surface area contributed by atoms with E-state index in [-0.39, 0.29) is 17.2 Å². The first-order chi connectivity index (χ1) is 9.99. The predicted molar refractivity (Wildman–Crippen MR) is 83.4 cm³/mol. The van der Waals surface area contributed by atoms with Gasteiger partial charge in [0.05, 0.1) is 17.3 Å². The van der Waals surface area contributed by atoms with Crippen LogP contribution in [0.2, 0.25) is 0 Å². The van der Waals surface area contributed by atoms with Crippen molar-refractivity contribution in [1.82, 2.24) is 4.98 Å². The van der Waals surface area contributed by atoms with Gasteiger partial charge in [-0.15, -0.1) is 11.6 Å². The number of rotatable bonds is 3. The number of sulfone groups is 1. The lowest BCUT2D eigenvalue weighted by Crippen LogP contribution is -2.33. The van der Waals surface area contributed by atoms with Gasteiger partial charge in [-0.1, -0.05) is 11.8 Å². The van der Waals surface area contributed by atoms with Gasteiger partial charge in [0.2, 0.25) is 0 Å². The summed E-state index contributed by atoms with van der Waals surface area (Å²) in [6, 6.07) is 1.80. The average molecular weight is 328 g/mol. The van der Waals surface area contributed by atoms with Crippen molar-refractivity contribution in [3.63, 3.8) is 0 Å². The van der Waals surface area contributed by atoms with Crippen molar-refractivity contribution in [3.8, 4) is 17.6 Å². The van der Waals surface area contributed by atoms with Crippen LogP contribution in [0.25, 0.3) is 0 Å². The topological polar surface area (TPSA) is 56.3 Å². The molecule has 0 spiro atoms. The Morgan fingerprint density at radius 2 is 2.24 bits per heavy atom. The Balaban J connectivity index is 2.04. The molecule has 1 aromatic heterocycles. The number of hydrogen-bond acceptors (Lipinski definition) is 4. The summed E-state index contributed by atoms with van der Waals surface area (Å²) in [6.45, 7) is 0. The molecule has 114 valence electrons. The lowest BCUT2D eigenvalue weighted by molar-refractivity contribution is 0.155. The quantitative estimate of drug-likeness (QED) is 0.632. The summed E-state index contributed by atoms with van der Waals surface area (Å²) in [6.07, 6.45) is 7.46. The van der Waals surface area contributed by atoms with Crippen LogP contribution in [-0.2, 0) is 9.84 Å². The molecule has 4 nitrogen and oxygen atoms in total. The van der Waals surface area contributed by atoms with E-state index in [0.29, 0.717) is 12.2 Å². The molecule has 2 unspecified atom stereocenters. The average Bonchev–Trinajstić information content (AvgIpc) is 2.45. The summed E-state index contributed by atoms with van der Waals surface area (Å²) < 4.78 is 29.2. The van der Waals surface area contributed by atoms with Gasteiger partial charge in [-0.05, 0) is 25.3 Å². The van der Waals surface area contributed by atoms with Crippen LogP contribution in [0.4, 0.5) is 0 Å². The predicted octanol–water partition coefficient (Wildman–Crippen LogP) is 2.41. The summed E-state index contributed by atoms with van der Waals surface area (Å²) in [4.78, 5) is 4.08. The lowest BCUT2D eigenvalue weighted by atomic mass is 9.97. The lowest BCUT2D eigenvalue weighted by Gasteiger charge is -2.28. The van der Waals surface area contributed by atoms with Crippen LogP contribution >= 0.6 is 11.6 Å². The Kier molecular flexibility index (Phi) is 5.49. The summed E-state index contributed by atoms with van der Waals surface area (Å²) in [7, 11) is -3.00. The third-order valence-corrected chi connectivity index (χ3v) is 5.27. The van der Waals surface area contributed by atoms with E-state index >= 15 is 0 Å². The molecule has 0 aromatic carbocycles. The second-order valence-electron chi connectivity index (χ2n) is 5.20. The van der Waals surface area contributed by atoms with E-state index in [0.717, 1.165) is 24.8 Å². The molecule has 2 rings (SSSR count). The molecule has 1 fully saturated rings. The molecule has 2 atom stereocenters. The van der Waals surface area contributed by atoms with E-state index in [1.165, 1.54) is 6.26 Å². The van der Waals surface area contributed by atoms with Crippen LogP contribution in [0.15, 0.2) is 18.5 Å². The van der Waals surface area contributed by atoms with E-state index in [1.54, 1.807) is 18.5 Å². The van der Waals surface area contributed by atoms with Crippen molar-refractivity contribution < 1.29 is 13.2 Å². The van der Waals surface area contributed by atoms with E-state index in [9.17, 15) is 8.42 Å². The molecule has 0 saturated heterocycles. The van der Waals surface area contributed by atoms with Gasteiger partial charge < -0.3 is 4.74 Å². The molecule has 1 heterocycles. The summed E-state index contributed by atoms with van der Waals surface area (Å²) in [5.74, 6) is 6.54. The SMILES string of the molecule is CS(=O)(=O)C1CCCC(Oc2cncc(C#CCCl)c2)C1. The highest BCUT2D eigenvalue weighted by atomic mass is 35.5. The van der Waals surface area contributed by atoms with Crippen molar-refractivity contribution in [2.24, 2.45) is 0 Å². The molecule has 0 amide bonds. The zero-order valence-corrected chi connectivity index (χ0v) is 13.5. The van der Waals surface area contributed by atoms with Crippen molar-refractivity contribution in [3.05, 3.63) is 24.0 Å². The van der Waals surface area contributed by atoms with Gasteiger partial charge in [-0.25, -0.2) is 8.42 Å². The Morgan fingerprint density at radius 1 is 1.43 bits per heavy atom. The smallest absolute Gasteiger partial charge is 0.150 e. The van der Waals surface area contributed by atoms with E-state index in [1.807, 2.05) is 0 Å². The highest BCUT2D eigenvalue weighted by Crippen LogP contribution is 2.27. The third kappa shape index (κ3) is 4.90. The Hall–Kier alpha value is -1.25. The van der Waals surface area contributed by atoms with Crippen LogP contribution in [0, 0.1) is 11.8 Å². The van der Waals surface area contributed by atoms with Gasteiger partial charge >= 0.3 is 0 Å². The van der Waals surface area contributed by atoms with Crippen LogP contribution < -0.4 is 4.74 Å². The minimum Gasteiger partial charge on any atom is -0.489 e. The second kappa shape index (κ2) is 7.15. The van der Waals surface area contributed by atoms with Crippen LogP contribution in [0.1, 0.15) is 31.2 Å². The standard InChI is InChI=1S/C15H18ClNO3S/c1-21(18,19)15-6-2-5-13(9-15)20-14-8-12(4-3-7-16)10-17-11-14/h8,10-11,13,15H,2,5-7,9H2,1H3. The minimum atomic E-state index is -3.00. The third-order valence-electron chi connectivity index (χ3n) is 3.50. The minimum absolute atomic E-state index is 0.0866. The molecule has 1 saturated carbocycles. The molecule has 1 aliphatic carbocycles. The highest BCUT2D eigenvalue weighted by Gasteiger charge is 2.29. The van der Waals surface area contributed by atoms with Gasteiger partial charge in [-0.3, -0.25) is 4.98 Å². The molecule has 0 bridgehead atoms. The van der Waals surface area contributed by atoms with Crippen molar-refractivity contribution in [1.29, 1.82) is 0 Å². The summed E-state index contributed by atoms with van der Waals surface area (Å²) in [5.41, 5.74) is 0.739. The Morgan fingerprint density at radius 3 is 2.95 bits per heavy atom. The molecule has 1 aromatic rings. The van der Waals surface area contributed by atoms with E-state index < -0.39 is 9.84 Å². The van der Waals surface area contributed by atoms with Crippen LogP contribution in [0.3, 0.4) is 0 Å². The summed E-state index contributed by atoms with van der Waals surface area (Å²) >= 11 is 5.52. The molecule has 6 heteroatoms. The first-order valence-electron chi connectivity index (χ1n) is 6.84. The van der Waals surface area contributed by atoms with Gasteiger partial charge in [0.1, 0.15) is 21.7 Å².